The van der Waals surface area contributed by atoms with Gasteiger partial charge in [-0.25, -0.2) is 4.68 Å². The molecule has 0 spiro atoms. The summed E-state index contributed by atoms with van der Waals surface area (Å²) in [5.41, 5.74) is 1.63. The number of furan rings is 1. The van der Waals surface area contributed by atoms with E-state index in [1.165, 1.54) is 0 Å². The van der Waals surface area contributed by atoms with Crippen LogP contribution in [0.4, 0.5) is 0 Å². The van der Waals surface area contributed by atoms with Crippen molar-refractivity contribution in [2.75, 3.05) is 0 Å². The minimum Gasteiger partial charge on any atom is -0.463 e. The van der Waals surface area contributed by atoms with Crippen LogP contribution in [0.2, 0.25) is 5.02 Å². The van der Waals surface area contributed by atoms with Crippen molar-refractivity contribution >= 4 is 17.5 Å². The average molecular weight is 358 g/mol. The van der Waals surface area contributed by atoms with Crippen molar-refractivity contribution in [1.29, 1.82) is 0 Å². The van der Waals surface area contributed by atoms with Crippen LogP contribution >= 0.6 is 11.6 Å². The highest BCUT2D eigenvalue weighted by Gasteiger charge is 2.21. The number of hydrogen-bond donors (Lipinski definition) is 1. The standard InChI is InChI=1S/C19H20ClN3O2/c1-12(2)13(3)21-19(24)17-11-15(18-9-6-10-25-18)22-23(17)16-8-5-4-7-14(16)20/h4-13H,1-3H3,(H,21,24)/t13-/m0/s1. The molecule has 0 saturated carbocycles. The van der Waals surface area contributed by atoms with Gasteiger partial charge in [0.05, 0.1) is 17.0 Å². The van der Waals surface area contributed by atoms with E-state index in [2.05, 4.69) is 24.3 Å². The molecule has 6 heteroatoms. The first-order valence-corrected chi connectivity index (χ1v) is 8.55. The molecule has 0 radical (unpaired) electrons. The number of rotatable bonds is 5. The fourth-order valence-corrected chi connectivity index (χ4v) is 2.56. The molecule has 0 unspecified atom stereocenters. The number of para-hydroxylation sites is 1. The van der Waals surface area contributed by atoms with E-state index in [0.29, 0.717) is 33.8 Å². The topological polar surface area (TPSA) is 60.1 Å². The summed E-state index contributed by atoms with van der Waals surface area (Å²) in [7, 11) is 0. The van der Waals surface area contributed by atoms with E-state index in [4.69, 9.17) is 16.0 Å². The molecule has 3 aromatic rings. The number of benzene rings is 1. The van der Waals surface area contributed by atoms with Gasteiger partial charge in [-0.05, 0) is 37.1 Å². The largest absolute Gasteiger partial charge is 0.463 e. The lowest BCUT2D eigenvalue weighted by atomic mass is 10.1. The van der Waals surface area contributed by atoms with Crippen LogP contribution in [0.1, 0.15) is 31.3 Å². The number of nitrogens with zero attached hydrogens (tertiary/aromatic N) is 2. The molecular weight excluding hydrogens is 338 g/mol. The molecule has 0 aliphatic rings. The SMILES string of the molecule is CC(C)[C@H](C)NC(=O)c1cc(-c2ccco2)nn1-c1ccccc1Cl. The van der Waals surface area contributed by atoms with Gasteiger partial charge in [-0.15, -0.1) is 0 Å². The monoisotopic (exact) mass is 357 g/mol. The van der Waals surface area contributed by atoms with Crippen LogP contribution in [0.25, 0.3) is 17.1 Å². The van der Waals surface area contributed by atoms with Gasteiger partial charge in [0, 0.05) is 12.1 Å². The number of hydrogen-bond acceptors (Lipinski definition) is 3. The van der Waals surface area contributed by atoms with Gasteiger partial charge in [-0.2, -0.15) is 5.10 Å². The number of amides is 1. The van der Waals surface area contributed by atoms with E-state index in [-0.39, 0.29) is 11.9 Å². The maximum absolute atomic E-state index is 12.8. The Morgan fingerprint density at radius 3 is 2.60 bits per heavy atom. The molecule has 1 amide bonds. The molecule has 0 bridgehead atoms. The van der Waals surface area contributed by atoms with Crippen molar-refractivity contribution in [2.24, 2.45) is 5.92 Å². The number of aromatic nitrogens is 2. The summed E-state index contributed by atoms with van der Waals surface area (Å²) in [5, 5.41) is 8.06. The summed E-state index contributed by atoms with van der Waals surface area (Å²) in [4.78, 5) is 12.8. The first-order chi connectivity index (χ1) is 12.0. The Kier molecular flexibility index (Phi) is 4.95. The summed E-state index contributed by atoms with van der Waals surface area (Å²) in [6, 6.07) is 12.6. The molecule has 0 fully saturated rings. The molecule has 0 aliphatic carbocycles. The van der Waals surface area contributed by atoms with Gasteiger partial charge >= 0.3 is 0 Å². The van der Waals surface area contributed by atoms with Crippen molar-refractivity contribution in [2.45, 2.75) is 26.8 Å². The van der Waals surface area contributed by atoms with Crippen LogP contribution in [-0.4, -0.2) is 21.7 Å². The van der Waals surface area contributed by atoms with Gasteiger partial charge in [0.15, 0.2) is 5.76 Å². The van der Waals surface area contributed by atoms with Crippen LogP contribution in [-0.2, 0) is 0 Å². The molecular formula is C19H20ClN3O2. The highest BCUT2D eigenvalue weighted by molar-refractivity contribution is 6.32. The van der Waals surface area contributed by atoms with E-state index in [1.54, 1.807) is 35.2 Å². The van der Waals surface area contributed by atoms with Crippen LogP contribution in [0, 0.1) is 5.92 Å². The molecule has 0 aliphatic heterocycles. The van der Waals surface area contributed by atoms with E-state index in [0.717, 1.165) is 0 Å². The average Bonchev–Trinajstić information content (AvgIpc) is 3.24. The number of halogens is 1. The van der Waals surface area contributed by atoms with Gasteiger partial charge in [0.25, 0.3) is 5.91 Å². The third-order valence-corrected chi connectivity index (χ3v) is 4.47. The Bertz CT molecular complexity index is 869. The van der Waals surface area contributed by atoms with Gasteiger partial charge in [-0.3, -0.25) is 4.79 Å². The second kappa shape index (κ2) is 7.15. The third-order valence-electron chi connectivity index (χ3n) is 4.16. The first kappa shape index (κ1) is 17.3. The van der Waals surface area contributed by atoms with Gasteiger partial charge in [0.2, 0.25) is 0 Å². The fourth-order valence-electron chi connectivity index (χ4n) is 2.34. The Labute approximate surface area is 151 Å². The summed E-state index contributed by atoms with van der Waals surface area (Å²) in [6.07, 6.45) is 1.57. The van der Waals surface area contributed by atoms with E-state index in [9.17, 15) is 4.79 Å². The molecule has 1 atom stereocenters. The molecule has 25 heavy (non-hydrogen) atoms. The molecule has 2 heterocycles. The minimum absolute atomic E-state index is 0.0363. The zero-order valence-electron chi connectivity index (χ0n) is 14.4. The smallest absolute Gasteiger partial charge is 0.270 e. The van der Waals surface area contributed by atoms with E-state index in [1.807, 2.05) is 25.1 Å². The van der Waals surface area contributed by atoms with Gasteiger partial charge in [0.1, 0.15) is 11.4 Å². The lowest BCUT2D eigenvalue weighted by molar-refractivity contribution is 0.0922. The number of nitrogens with one attached hydrogen (secondary N) is 1. The molecule has 0 saturated heterocycles. The second-order valence-electron chi connectivity index (χ2n) is 6.26. The van der Waals surface area contributed by atoms with E-state index < -0.39 is 0 Å². The van der Waals surface area contributed by atoms with E-state index >= 15 is 0 Å². The minimum atomic E-state index is -0.202. The Morgan fingerprint density at radius 2 is 1.96 bits per heavy atom. The molecule has 1 N–H and O–H groups in total. The van der Waals surface area contributed by atoms with Crippen molar-refractivity contribution in [3.63, 3.8) is 0 Å². The maximum Gasteiger partial charge on any atom is 0.270 e. The second-order valence-corrected chi connectivity index (χ2v) is 6.67. The van der Waals surface area contributed by atoms with Crippen molar-refractivity contribution in [3.8, 4) is 17.1 Å². The molecule has 2 aromatic heterocycles. The predicted octanol–water partition coefficient (Wildman–Crippen LogP) is 4.56. The summed E-state index contributed by atoms with van der Waals surface area (Å²) < 4.78 is 6.97. The number of carbonyl (C=O) groups excluding carboxylic acids is 1. The zero-order valence-corrected chi connectivity index (χ0v) is 15.1. The molecule has 1 aromatic carbocycles. The van der Waals surface area contributed by atoms with Crippen LogP contribution in [0.15, 0.2) is 53.1 Å². The summed E-state index contributed by atoms with van der Waals surface area (Å²) >= 11 is 6.31. The zero-order chi connectivity index (χ0) is 18.0. The summed E-state index contributed by atoms with van der Waals surface area (Å²) in [6.45, 7) is 6.10. The van der Waals surface area contributed by atoms with Crippen LogP contribution in [0.3, 0.4) is 0 Å². The fraction of sp³-hybridized carbons (Fsp3) is 0.263. The van der Waals surface area contributed by atoms with Crippen molar-refractivity contribution in [1.82, 2.24) is 15.1 Å². The van der Waals surface area contributed by atoms with Gasteiger partial charge in [-0.1, -0.05) is 37.6 Å². The quantitative estimate of drug-likeness (QED) is 0.728. The van der Waals surface area contributed by atoms with Crippen LogP contribution in [0.5, 0.6) is 0 Å². The van der Waals surface area contributed by atoms with Crippen molar-refractivity contribution in [3.05, 3.63) is 59.4 Å². The lowest BCUT2D eigenvalue weighted by Gasteiger charge is -2.17. The third kappa shape index (κ3) is 3.61. The lowest BCUT2D eigenvalue weighted by Crippen LogP contribution is -2.37. The first-order valence-electron chi connectivity index (χ1n) is 8.17. The Balaban J connectivity index is 2.06. The Hall–Kier alpha value is -2.53. The molecule has 5 nitrogen and oxygen atoms in total. The molecule has 130 valence electrons. The summed E-state index contributed by atoms with van der Waals surface area (Å²) in [5.74, 6) is 0.716. The maximum atomic E-state index is 12.8. The predicted molar refractivity (Wildman–Crippen MR) is 98.0 cm³/mol. The number of carbonyl (C=O) groups is 1. The van der Waals surface area contributed by atoms with Crippen LogP contribution < -0.4 is 5.32 Å². The highest BCUT2D eigenvalue weighted by Crippen LogP contribution is 2.26. The van der Waals surface area contributed by atoms with Crippen molar-refractivity contribution < 1.29 is 9.21 Å². The molecule has 3 rings (SSSR count). The highest BCUT2D eigenvalue weighted by atomic mass is 35.5. The Morgan fingerprint density at radius 1 is 1.20 bits per heavy atom. The normalized spacial score (nSPS) is 12.4. The van der Waals surface area contributed by atoms with Gasteiger partial charge < -0.3 is 9.73 Å².